The molecule has 3 N–H and O–H groups in total. The Labute approximate surface area is 111 Å². The van der Waals surface area contributed by atoms with E-state index in [4.69, 9.17) is 5.73 Å². The van der Waals surface area contributed by atoms with Crippen LogP contribution >= 0.6 is 0 Å². The van der Waals surface area contributed by atoms with Gasteiger partial charge in [0.2, 0.25) is 5.91 Å². The second kappa shape index (κ2) is 5.62. The van der Waals surface area contributed by atoms with Crippen LogP contribution < -0.4 is 11.1 Å². The maximum Gasteiger partial charge on any atom is 0.241 e. The quantitative estimate of drug-likeness (QED) is 0.863. The number of anilines is 1. The molecular formula is C13H17N5O. The van der Waals surface area contributed by atoms with Crippen LogP contribution in [0.25, 0.3) is 5.69 Å². The van der Waals surface area contributed by atoms with E-state index in [1.54, 1.807) is 11.0 Å². The molecule has 0 aliphatic heterocycles. The summed E-state index contributed by atoms with van der Waals surface area (Å²) in [4.78, 5) is 15.9. The van der Waals surface area contributed by atoms with E-state index in [0.29, 0.717) is 5.69 Å². The van der Waals surface area contributed by atoms with Gasteiger partial charge in [-0.1, -0.05) is 26.0 Å². The molecule has 1 aromatic carbocycles. The molecule has 0 radical (unpaired) electrons. The van der Waals surface area contributed by atoms with Crippen molar-refractivity contribution in [1.29, 1.82) is 0 Å². The Morgan fingerprint density at radius 3 is 2.74 bits per heavy atom. The van der Waals surface area contributed by atoms with Crippen molar-refractivity contribution >= 4 is 11.6 Å². The zero-order valence-electron chi connectivity index (χ0n) is 10.9. The lowest BCUT2D eigenvalue weighted by Crippen LogP contribution is -2.39. The largest absolute Gasteiger partial charge is 0.323 e. The lowest BCUT2D eigenvalue weighted by molar-refractivity contribution is -0.118. The first-order valence-corrected chi connectivity index (χ1v) is 6.10. The smallest absolute Gasteiger partial charge is 0.241 e. The summed E-state index contributed by atoms with van der Waals surface area (Å²) in [6.45, 7) is 3.82. The molecule has 2 aromatic rings. The predicted molar refractivity (Wildman–Crippen MR) is 72.8 cm³/mol. The average Bonchev–Trinajstić information content (AvgIpc) is 2.92. The van der Waals surface area contributed by atoms with Crippen molar-refractivity contribution in [3.63, 3.8) is 0 Å². The Balaban J connectivity index is 2.24. The Morgan fingerprint density at radius 1 is 1.37 bits per heavy atom. The number of aromatic nitrogens is 3. The second-order valence-electron chi connectivity index (χ2n) is 4.62. The van der Waals surface area contributed by atoms with Crippen LogP contribution in [0.5, 0.6) is 0 Å². The van der Waals surface area contributed by atoms with Gasteiger partial charge in [0.15, 0.2) is 0 Å². The maximum atomic E-state index is 12.0. The molecule has 1 heterocycles. The minimum absolute atomic E-state index is 0.0820. The van der Waals surface area contributed by atoms with Crippen LogP contribution in [-0.4, -0.2) is 26.7 Å². The van der Waals surface area contributed by atoms with E-state index in [2.05, 4.69) is 15.4 Å². The van der Waals surface area contributed by atoms with Gasteiger partial charge in [-0.3, -0.25) is 4.79 Å². The number of hydrogen-bond acceptors (Lipinski definition) is 4. The molecule has 2 rings (SSSR count). The average molecular weight is 259 g/mol. The van der Waals surface area contributed by atoms with Crippen LogP contribution in [0.3, 0.4) is 0 Å². The van der Waals surface area contributed by atoms with Crippen molar-refractivity contribution in [3.05, 3.63) is 36.9 Å². The van der Waals surface area contributed by atoms with E-state index in [-0.39, 0.29) is 11.8 Å². The number of amides is 1. The van der Waals surface area contributed by atoms with Crippen LogP contribution in [0.1, 0.15) is 13.8 Å². The second-order valence-corrected chi connectivity index (χ2v) is 4.62. The fraction of sp³-hybridized carbons (Fsp3) is 0.308. The molecule has 1 amide bonds. The highest BCUT2D eigenvalue weighted by Gasteiger charge is 2.18. The molecule has 0 aliphatic rings. The lowest BCUT2D eigenvalue weighted by atomic mass is 10.0. The summed E-state index contributed by atoms with van der Waals surface area (Å²) < 4.78 is 1.59. The third-order valence-corrected chi connectivity index (χ3v) is 2.85. The highest BCUT2D eigenvalue weighted by molar-refractivity contribution is 5.96. The number of carbonyl (C=O) groups is 1. The Bertz CT molecular complexity index is 550. The van der Waals surface area contributed by atoms with E-state index in [1.807, 2.05) is 38.1 Å². The van der Waals surface area contributed by atoms with Gasteiger partial charge in [0.1, 0.15) is 12.7 Å². The summed E-state index contributed by atoms with van der Waals surface area (Å²) in [6.07, 6.45) is 3.02. The molecule has 6 nitrogen and oxygen atoms in total. The lowest BCUT2D eigenvalue weighted by Gasteiger charge is -2.17. The number of carbonyl (C=O) groups excluding carboxylic acids is 1. The molecule has 1 atom stereocenters. The Morgan fingerprint density at radius 2 is 2.11 bits per heavy atom. The number of nitrogens with zero attached hydrogens (tertiary/aromatic N) is 3. The van der Waals surface area contributed by atoms with Crippen molar-refractivity contribution in [1.82, 2.24) is 14.8 Å². The molecule has 0 fully saturated rings. The molecule has 0 aliphatic carbocycles. The molecule has 0 bridgehead atoms. The zero-order chi connectivity index (χ0) is 13.8. The fourth-order valence-electron chi connectivity index (χ4n) is 1.63. The molecule has 1 unspecified atom stereocenters. The summed E-state index contributed by atoms with van der Waals surface area (Å²) in [6, 6.07) is 6.84. The van der Waals surface area contributed by atoms with Gasteiger partial charge < -0.3 is 11.1 Å². The monoisotopic (exact) mass is 259 g/mol. The van der Waals surface area contributed by atoms with E-state index < -0.39 is 6.04 Å². The maximum absolute atomic E-state index is 12.0. The van der Waals surface area contributed by atoms with Crippen molar-refractivity contribution in [3.8, 4) is 5.69 Å². The van der Waals surface area contributed by atoms with E-state index >= 15 is 0 Å². The van der Waals surface area contributed by atoms with Crippen molar-refractivity contribution < 1.29 is 4.79 Å². The fourth-order valence-corrected chi connectivity index (χ4v) is 1.63. The number of para-hydroxylation sites is 2. The van der Waals surface area contributed by atoms with Crippen molar-refractivity contribution in [2.45, 2.75) is 19.9 Å². The molecule has 0 spiro atoms. The molecule has 100 valence electrons. The molecule has 0 saturated carbocycles. The highest BCUT2D eigenvalue weighted by atomic mass is 16.2. The third-order valence-electron chi connectivity index (χ3n) is 2.85. The molecular weight excluding hydrogens is 242 g/mol. The van der Waals surface area contributed by atoms with Crippen LogP contribution in [0.4, 0.5) is 5.69 Å². The SMILES string of the molecule is CC(C)C(N)C(=O)Nc1ccccc1-n1cncn1. The standard InChI is InChI=1S/C13H17N5O/c1-9(2)12(14)13(19)17-10-5-3-4-6-11(10)18-8-15-7-16-18/h3-9,12H,14H2,1-2H3,(H,17,19). The minimum Gasteiger partial charge on any atom is -0.323 e. The van der Waals surface area contributed by atoms with Gasteiger partial charge >= 0.3 is 0 Å². The summed E-state index contributed by atoms with van der Waals surface area (Å²) in [5.41, 5.74) is 7.24. The van der Waals surface area contributed by atoms with Gasteiger partial charge in [0.25, 0.3) is 0 Å². The minimum atomic E-state index is -0.538. The number of rotatable bonds is 4. The first-order chi connectivity index (χ1) is 9.09. The van der Waals surface area contributed by atoms with Gasteiger partial charge in [0, 0.05) is 0 Å². The molecule has 19 heavy (non-hydrogen) atoms. The number of benzene rings is 1. The first-order valence-electron chi connectivity index (χ1n) is 6.10. The van der Waals surface area contributed by atoms with Crippen molar-refractivity contribution in [2.24, 2.45) is 11.7 Å². The summed E-state index contributed by atoms with van der Waals surface area (Å²) >= 11 is 0. The third kappa shape index (κ3) is 2.97. The molecule has 0 saturated heterocycles. The van der Waals surface area contributed by atoms with Gasteiger partial charge in [-0.05, 0) is 18.1 Å². The van der Waals surface area contributed by atoms with Crippen LogP contribution in [0.15, 0.2) is 36.9 Å². The highest BCUT2D eigenvalue weighted by Crippen LogP contribution is 2.19. The number of nitrogens with two attached hydrogens (primary N) is 1. The number of hydrogen-bond donors (Lipinski definition) is 2. The van der Waals surface area contributed by atoms with Gasteiger partial charge in [-0.2, -0.15) is 5.10 Å². The van der Waals surface area contributed by atoms with Crippen LogP contribution in [0.2, 0.25) is 0 Å². The summed E-state index contributed by atoms with van der Waals surface area (Å²) in [7, 11) is 0. The molecule has 1 aromatic heterocycles. The van der Waals surface area contributed by atoms with Crippen LogP contribution in [-0.2, 0) is 4.79 Å². The first kappa shape index (κ1) is 13.2. The normalized spacial score (nSPS) is 12.4. The Hall–Kier alpha value is -2.21. The van der Waals surface area contributed by atoms with Crippen LogP contribution in [0, 0.1) is 5.92 Å². The van der Waals surface area contributed by atoms with Crippen molar-refractivity contribution in [2.75, 3.05) is 5.32 Å². The van der Waals surface area contributed by atoms with E-state index in [9.17, 15) is 4.79 Å². The van der Waals surface area contributed by atoms with Gasteiger partial charge in [0.05, 0.1) is 17.4 Å². The predicted octanol–water partition coefficient (Wildman–Crippen LogP) is 1.19. The van der Waals surface area contributed by atoms with E-state index in [0.717, 1.165) is 5.69 Å². The van der Waals surface area contributed by atoms with Gasteiger partial charge in [-0.25, -0.2) is 9.67 Å². The Kier molecular flexibility index (Phi) is 3.91. The summed E-state index contributed by atoms with van der Waals surface area (Å²) in [5.74, 6) is -0.124. The topological polar surface area (TPSA) is 85.8 Å². The van der Waals surface area contributed by atoms with E-state index in [1.165, 1.54) is 6.33 Å². The number of nitrogens with one attached hydrogen (secondary N) is 1. The van der Waals surface area contributed by atoms with Gasteiger partial charge in [-0.15, -0.1) is 0 Å². The molecule has 6 heteroatoms. The zero-order valence-corrected chi connectivity index (χ0v) is 10.9. The summed E-state index contributed by atoms with van der Waals surface area (Å²) in [5, 5.41) is 6.88.